The molecule has 1 heterocycles. The molecule has 3 N–H and O–H groups in total. The molecule has 118 valence electrons. The van der Waals surface area contributed by atoms with Crippen LogP contribution in [0.4, 0.5) is 0 Å². The van der Waals surface area contributed by atoms with Gasteiger partial charge in [0.15, 0.2) is 0 Å². The molecule has 7 heteroatoms. The van der Waals surface area contributed by atoms with Gasteiger partial charge in [0, 0.05) is 5.56 Å². The third-order valence-corrected chi connectivity index (χ3v) is 3.03. The highest BCUT2D eigenvalue weighted by molar-refractivity contribution is 5.96. The van der Waals surface area contributed by atoms with Gasteiger partial charge in [-0.05, 0) is 12.1 Å². The van der Waals surface area contributed by atoms with Crippen molar-refractivity contribution in [3.05, 3.63) is 54.2 Å². The van der Waals surface area contributed by atoms with Crippen LogP contribution < -0.4 is 5.32 Å². The molecule has 0 bridgehead atoms. The largest absolute Gasteiger partial charge is 0.481 e. The molecule has 1 amide bonds. The lowest BCUT2D eigenvalue weighted by Gasteiger charge is -2.12. The van der Waals surface area contributed by atoms with Crippen LogP contribution in [0, 0.1) is 0 Å². The fourth-order valence-electron chi connectivity index (χ4n) is 1.94. The number of benzene rings is 1. The van der Waals surface area contributed by atoms with Crippen molar-refractivity contribution in [2.24, 2.45) is 0 Å². The number of rotatable bonds is 6. The normalized spacial score (nSPS) is 11.5. The van der Waals surface area contributed by atoms with Crippen molar-refractivity contribution < 1.29 is 24.6 Å². The minimum atomic E-state index is -1.51. The van der Waals surface area contributed by atoms with Crippen LogP contribution in [0.25, 0.3) is 11.3 Å². The van der Waals surface area contributed by atoms with Gasteiger partial charge < -0.3 is 15.5 Å². The molecule has 0 saturated carbocycles. The fraction of sp³-hybridized carbons (Fsp3) is 0.125. The molecule has 0 aliphatic rings. The lowest BCUT2D eigenvalue weighted by molar-refractivity contribution is -0.145. The number of carboxylic acid groups (broad SMARTS) is 2. The Balaban J connectivity index is 2.19. The maximum atomic E-state index is 12.1. The minimum absolute atomic E-state index is 0.0167. The predicted molar refractivity (Wildman–Crippen MR) is 80.8 cm³/mol. The molecular weight excluding hydrogens is 300 g/mol. The van der Waals surface area contributed by atoms with Crippen molar-refractivity contribution in [2.45, 2.75) is 12.5 Å². The van der Waals surface area contributed by atoms with Crippen LogP contribution in [0.2, 0.25) is 0 Å². The Morgan fingerprint density at radius 3 is 2.30 bits per heavy atom. The third-order valence-electron chi connectivity index (χ3n) is 3.03. The van der Waals surface area contributed by atoms with Gasteiger partial charge in [-0.25, -0.2) is 9.78 Å². The van der Waals surface area contributed by atoms with Gasteiger partial charge in [-0.3, -0.25) is 9.59 Å². The zero-order valence-corrected chi connectivity index (χ0v) is 12.0. The summed E-state index contributed by atoms with van der Waals surface area (Å²) in [6.45, 7) is 0. The second kappa shape index (κ2) is 7.17. The van der Waals surface area contributed by atoms with Crippen LogP contribution in [-0.4, -0.2) is 39.1 Å². The molecule has 2 aromatic rings. The second-order valence-electron chi connectivity index (χ2n) is 4.74. The van der Waals surface area contributed by atoms with E-state index in [0.717, 1.165) is 5.56 Å². The Hall–Kier alpha value is -3.22. The van der Waals surface area contributed by atoms with E-state index in [2.05, 4.69) is 10.3 Å². The predicted octanol–water partition coefficient (Wildman–Crippen LogP) is 1.41. The van der Waals surface area contributed by atoms with Gasteiger partial charge in [0.1, 0.15) is 11.7 Å². The smallest absolute Gasteiger partial charge is 0.326 e. The average Bonchev–Trinajstić information content (AvgIpc) is 2.54. The van der Waals surface area contributed by atoms with Crippen molar-refractivity contribution in [3.63, 3.8) is 0 Å². The maximum absolute atomic E-state index is 12.1. The summed E-state index contributed by atoms with van der Waals surface area (Å²) in [4.78, 5) is 37.9. The lowest BCUT2D eigenvalue weighted by Crippen LogP contribution is -2.42. The van der Waals surface area contributed by atoms with E-state index < -0.39 is 30.3 Å². The van der Waals surface area contributed by atoms with Crippen LogP contribution in [0.3, 0.4) is 0 Å². The molecule has 0 fully saturated rings. The molecule has 0 unspecified atom stereocenters. The molecule has 7 nitrogen and oxygen atoms in total. The van der Waals surface area contributed by atoms with Crippen molar-refractivity contribution >= 4 is 17.8 Å². The summed E-state index contributed by atoms with van der Waals surface area (Å²) in [7, 11) is 0. The van der Waals surface area contributed by atoms with Crippen LogP contribution in [0.15, 0.2) is 48.5 Å². The van der Waals surface area contributed by atoms with Crippen molar-refractivity contribution in [1.82, 2.24) is 10.3 Å². The molecular formula is C16H14N2O5. The van der Waals surface area contributed by atoms with Crippen LogP contribution in [0.5, 0.6) is 0 Å². The van der Waals surface area contributed by atoms with Gasteiger partial charge in [0.25, 0.3) is 5.91 Å². The van der Waals surface area contributed by atoms with E-state index in [1.165, 1.54) is 6.07 Å². The van der Waals surface area contributed by atoms with E-state index >= 15 is 0 Å². The van der Waals surface area contributed by atoms with Gasteiger partial charge in [-0.2, -0.15) is 0 Å². The van der Waals surface area contributed by atoms with Gasteiger partial charge in [0.2, 0.25) is 0 Å². The number of hydrogen-bond donors (Lipinski definition) is 3. The highest BCUT2D eigenvalue weighted by Gasteiger charge is 2.24. The first-order valence-corrected chi connectivity index (χ1v) is 6.75. The standard InChI is InChI=1S/C16H14N2O5/c19-14(20)9-13(16(22)23)18-15(21)12-8-4-7-11(17-12)10-5-2-1-3-6-10/h1-8,13H,9H2,(H,18,21)(H,19,20)(H,22,23)/t13-/m1/s1. The van der Waals surface area contributed by atoms with E-state index in [0.29, 0.717) is 5.69 Å². The number of aromatic nitrogens is 1. The van der Waals surface area contributed by atoms with Crippen LogP contribution in [0.1, 0.15) is 16.9 Å². The number of nitrogens with one attached hydrogen (secondary N) is 1. The Morgan fingerprint density at radius 1 is 1.00 bits per heavy atom. The van der Waals surface area contributed by atoms with Crippen LogP contribution in [-0.2, 0) is 9.59 Å². The number of carbonyl (C=O) groups excluding carboxylic acids is 1. The molecule has 0 radical (unpaired) electrons. The Labute approximate surface area is 131 Å². The average molecular weight is 314 g/mol. The minimum Gasteiger partial charge on any atom is -0.481 e. The zero-order chi connectivity index (χ0) is 16.8. The number of carboxylic acids is 2. The van der Waals surface area contributed by atoms with E-state index in [1.807, 2.05) is 30.3 Å². The summed E-state index contributed by atoms with van der Waals surface area (Å²) in [6, 6.07) is 12.4. The quantitative estimate of drug-likeness (QED) is 0.742. The third kappa shape index (κ3) is 4.37. The summed E-state index contributed by atoms with van der Waals surface area (Å²) >= 11 is 0. The van der Waals surface area contributed by atoms with E-state index in [-0.39, 0.29) is 5.69 Å². The molecule has 0 aliphatic heterocycles. The molecule has 23 heavy (non-hydrogen) atoms. The van der Waals surface area contributed by atoms with Gasteiger partial charge in [-0.1, -0.05) is 36.4 Å². The summed E-state index contributed by atoms with van der Waals surface area (Å²) in [5.41, 5.74) is 1.38. The topological polar surface area (TPSA) is 117 Å². The Kier molecular flexibility index (Phi) is 5.03. The van der Waals surface area contributed by atoms with Crippen molar-refractivity contribution in [1.29, 1.82) is 0 Å². The number of nitrogens with zero attached hydrogens (tertiary/aromatic N) is 1. The number of aliphatic carboxylic acids is 2. The van der Waals surface area contributed by atoms with Gasteiger partial charge >= 0.3 is 11.9 Å². The van der Waals surface area contributed by atoms with Crippen molar-refractivity contribution in [3.8, 4) is 11.3 Å². The van der Waals surface area contributed by atoms with Gasteiger partial charge in [0.05, 0.1) is 12.1 Å². The maximum Gasteiger partial charge on any atom is 0.326 e. The van der Waals surface area contributed by atoms with Crippen LogP contribution >= 0.6 is 0 Å². The molecule has 1 aromatic heterocycles. The molecule has 0 spiro atoms. The highest BCUT2D eigenvalue weighted by atomic mass is 16.4. The summed E-state index contributed by atoms with van der Waals surface area (Å²) in [6.07, 6.45) is -0.709. The Bertz CT molecular complexity index is 730. The molecule has 1 atom stereocenters. The zero-order valence-electron chi connectivity index (χ0n) is 12.0. The number of carbonyl (C=O) groups is 3. The van der Waals surface area contributed by atoms with E-state index in [4.69, 9.17) is 10.2 Å². The molecule has 0 aliphatic carbocycles. The highest BCUT2D eigenvalue weighted by Crippen LogP contribution is 2.16. The SMILES string of the molecule is O=C(O)C[C@@H](NC(=O)c1cccc(-c2ccccc2)n1)C(=O)O. The molecule has 0 saturated heterocycles. The first-order valence-electron chi connectivity index (χ1n) is 6.75. The number of amides is 1. The number of pyridine rings is 1. The Morgan fingerprint density at radius 2 is 1.70 bits per heavy atom. The first-order chi connectivity index (χ1) is 11.0. The van der Waals surface area contributed by atoms with Crippen molar-refractivity contribution in [2.75, 3.05) is 0 Å². The second-order valence-corrected chi connectivity index (χ2v) is 4.74. The van der Waals surface area contributed by atoms with Gasteiger partial charge in [-0.15, -0.1) is 0 Å². The monoisotopic (exact) mass is 314 g/mol. The summed E-state index contributed by atoms with van der Waals surface area (Å²) in [5, 5.41) is 19.8. The van der Waals surface area contributed by atoms with E-state index in [1.54, 1.807) is 12.1 Å². The molecule has 2 rings (SSSR count). The lowest BCUT2D eigenvalue weighted by atomic mass is 10.1. The molecule has 1 aromatic carbocycles. The summed E-state index contributed by atoms with van der Waals surface area (Å²) < 4.78 is 0. The number of hydrogen-bond acceptors (Lipinski definition) is 4. The first kappa shape index (κ1) is 16.2. The van der Waals surface area contributed by atoms with E-state index in [9.17, 15) is 14.4 Å². The fourth-order valence-corrected chi connectivity index (χ4v) is 1.94. The summed E-state index contributed by atoms with van der Waals surface area (Å²) in [5.74, 6) is -3.47.